The summed E-state index contributed by atoms with van der Waals surface area (Å²) in [7, 11) is 0. The highest BCUT2D eigenvalue weighted by Crippen LogP contribution is 2.23. The van der Waals surface area contributed by atoms with E-state index in [4.69, 9.17) is 4.98 Å². The monoisotopic (exact) mass is 397 g/mol. The molecule has 1 saturated heterocycles. The van der Waals surface area contributed by atoms with E-state index in [-0.39, 0.29) is 18.1 Å². The number of nitrogens with one attached hydrogen (secondary N) is 3. The summed E-state index contributed by atoms with van der Waals surface area (Å²) in [5, 5.41) is 10.4. The Bertz CT molecular complexity index is 842. The molecule has 0 radical (unpaired) electrons. The highest BCUT2D eigenvalue weighted by molar-refractivity contribution is 5.77. The van der Waals surface area contributed by atoms with Gasteiger partial charge in [-0.2, -0.15) is 4.98 Å². The number of anilines is 2. The predicted octanol–water partition coefficient (Wildman–Crippen LogP) is 3.06. The Labute approximate surface area is 171 Å². The molecule has 29 heavy (non-hydrogen) atoms. The van der Waals surface area contributed by atoms with Gasteiger partial charge in [0, 0.05) is 42.8 Å². The average molecular weight is 398 g/mol. The van der Waals surface area contributed by atoms with Crippen LogP contribution in [-0.2, 0) is 0 Å². The van der Waals surface area contributed by atoms with Gasteiger partial charge in [0.2, 0.25) is 5.95 Å². The number of pyridine rings is 1. The minimum Gasteiger partial charge on any atom is -0.357 e. The van der Waals surface area contributed by atoms with Gasteiger partial charge in [-0.15, -0.1) is 0 Å². The number of hydrogen-bond acceptors (Lipinski definition) is 6. The first-order chi connectivity index (χ1) is 14.1. The molecule has 2 aromatic rings. The van der Waals surface area contributed by atoms with Crippen LogP contribution in [0.2, 0.25) is 0 Å². The highest BCUT2D eigenvalue weighted by Gasteiger charge is 2.23. The van der Waals surface area contributed by atoms with Gasteiger partial charge in [-0.3, -0.25) is 0 Å². The smallest absolute Gasteiger partial charge is 0.315 e. The van der Waals surface area contributed by atoms with Crippen LogP contribution in [0, 0.1) is 0 Å². The second kappa shape index (κ2) is 8.80. The number of amides is 2. The molecule has 0 atom stereocenters. The molecule has 4 rings (SSSR count). The lowest BCUT2D eigenvalue weighted by Crippen LogP contribution is -2.46. The molecule has 1 saturated carbocycles. The largest absolute Gasteiger partial charge is 0.357 e. The average Bonchev–Trinajstić information content (AvgIpc) is 3.23. The predicted molar refractivity (Wildman–Crippen MR) is 115 cm³/mol. The summed E-state index contributed by atoms with van der Waals surface area (Å²) in [6, 6.07) is 4.74. The van der Waals surface area contributed by atoms with E-state index in [9.17, 15) is 4.79 Å². The first-order valence-electron chi connectivity index (χ1n) is 10.8. The number of carbonyl (C=O) groups is 1. The first kappa shape index (κ1) is 19.7. The van der Waals surface area contributed by atoms with Crippen LogP contribution >= 0.6 is 0 Å². The van der Waals surface area contributed by atoms with E-state index in [0.29, 0.717) is 12.0 Å². The third-order valence-electron chi connectivity index (χ3n) is 5.67. The van der Waals surface area contributed by atoms with Crippen molar-refractivity contribution in [3.8, 4) is 0 Å². The van der Waals surface area contributed by atoms with Crippen molar-refractivity contribution in [3.05, 3.63) is 18.3 Å². The number of aromatic nitrogens is 3. The van der Waals surface area contributed by atoms with Gasteiger partial charge in [-0.1, -0.05) is 0 Å². The van der Waals surface area contributed by atoms with Crippen molar-refractivity contribution in [2.75, 3.05) is 23.3 Å². The van der Waals surface area contributed by atoms with Crippen molar-refractivity contribution in [2.24, 2.45) is 0 Å². The SMILES string of the molecule is CC(C)NC(=O)NC1CCC(Nc2ncc3ccc(N4CCCC4)nc3n2)CC1. The number of carbonyl (C=O) groups excluding carboxylic acids is 1. The number of fused-ring (bicyclic) bond motifs is 1. The van der Waals surface area contributed by atoms with Crippen LogP contribution in [-0.4, -0.2) is 52.2 Å². The fourth-order valence-corrected chi connectivity index (χ4v) is 4.15. The second-order valence-electron chi connectivity index (χ2n) is 8.44. The minimum absolute atomic E-state index is 0.0749. The Hall–Kier alpha value is -2.64. The first-order valence-corrected chi connectivity index (χ1v) is 10.8. The molecular formula is C21H31N7O. The second-order valence-corrected chi connectivity index (χ2v) is 8.44. The van der Waals surface area contributed by atoms with E-state index >= 15 is 0 Å². The number of nitrogens with zero attached hydrogens (tertiary/aromatic N) is 4. The van der Waals surface area contributed by atoms with Crippen LogP contribution in [0.25, 0.3) is 11.0 Å². The maximum atomic E-state index is 11.9. The molecule has 1 aliphatic heterocycles. The van der Waals surface area contributed by atoms with Crippen LogP contribution in [0.15, 0.2) is 18.3 Å². The van der Waals surface area contributed by atoms with Gasteiger partial charge in [0.05, 0.1) is 0 Å². The van der Waals surface area contributed by atoms with Crippen LogP contribution in [0.1, 0.15) is 52.4 Å². The van der Waals surface area contributed by atoms with E-state index < -0.39 is 0 Å². The van der Waals surface area contributed by atoms with Gasteiger partial charge in [0.15, 0.2) is 5.65 Å². The molecule has 0 unspecified atom stereocenters. The molecule has 0 bridgehead atoms. The van der Waals surface area contributed by atoms with Crippen LogP contribution in [0.5, 0.6) is 0 Å². The summed E-state index contributed by atoms with van der Waals surface area (Å²) in [6.07, 6.45) is 8.17. The molecule has 2 aromatic heterocycles. The maximum absolute atomic E-state index is 11.9. The highest BCUT2D eigenvalue weighted by atomic mass is 16.2. The molecule has 2 aliphatic rings. The Morgan fingerprint density at radius 2 is 1.79 bits per heavy atom. The molecule has 8 heteroatoms. The lowest BCUT2D eigenvalue weighted by molar-refractivity contribution is 0.229. The summed E-state index contributed by atoms with van der Waals surface area (Å²) in [4.78, 5) is 28.1. The molecule has 2 amide bonds. The van der Waals surface area contributed by atoms with Crippen LogP contribution < -0.4 is 20.9 Å². The van der Waals surface area contributed by atoms with E-state index in [2.05, 4.69) is 43.0 Å². The third kappa shape index (κ3) is 5.05. The van der Waals surface area contributed by atoms with Crippen molar-refractivity contribution < 1.29 is 4.79 Å². The normalized spacial score (nSPS) is 22.1. The zero-order valence-corrected chi connectivity index (χ0v) is 17.3. The number of hydrogen-bond donors (Lipinski definition) is 3. The van der Waals surface area contributed by atoms with Gasteiger partial charge in [-0.05, 0) is 64.5 Å². The summed E-state index contributed by atoms with van der Waals surface area (Å²) in [5.41, 5.74) is 0.743. The lowest BCUT2D eigenvalue weighted by Gasteiger charge is -2.30. The molecule has 156 valence electrons. The maximum Gasteiger partial charge on any atom is 0.315 e. The zero-order chi connectivity index (χ0) is 20.2. The topological polar surface area (TPSA) is 95.1 Å². The van der Waals surface area contributed by atoms with E-state index in [1.54, 1.807) is 0 Å². The van der Waals surface area contributed by atoms with Gasteiger partial charge in [-0.25, -0.2) is 14.8 Å². The molecule has 8 nitrogen and oxygen atoms in total. The molecule has 3 N–H and O–H groups in total. The molecule has 0 aromatic carbocycles. The molecule has 3 heterocycles. The van der Waals surface area contributed by atoms with Gasteiger partial charge >= 0.3 is 6.03 Å². The Morgan fingerprint density at radius 1 is 1.07 bits per heavy atom. The van der Waals surface area contributed by atoms with Crippen molar-refractivity contribution in [2.45, 2.75) is 70.5 Å². The zero-order valence-electron chi connectivity index (χ0n) is 17.3. The van der Waals surface area contributed by atoms with Crippen molar-refractivity contribution in [3.63, 3.8) is 0 Å². The minimum atomic E-state index is -0.0749. The molecule has 1 aliphatic carbocycles. The number of rotatable bonds is 5. The van der Waals surface area contributed by atoms with E-state index in [0.717, 1.165) is 55.6 Å². The third-order valence-corrected chi connectivity index (χ3v) is 5.67. The van der Waals surface area contributed by atoms with E-state index in [1.807, 2.05) is 20.0 Å². The van der Waals surface area contributed by atoms with Crippen molar-refractivity contribution in [1.29, 1.82) is 0 Å². The Kier molecular flexibility index (Phi) is 5.97. The summed E-state index contributed by atoms with van der Waals surface area (Å²) >= 11 is 0. The number of urea groups is 1. The van der Waals surface area contributed by atoms with Crippen molar-refractivity contribution in [1.82, 2.24) is 25.6 Å². The molecule has 0 spiro atoms. The summed E-state index contributed by atoms with van der Waals surface area (Å²) < 4.78 is 0. The fraction of sp³-hybridized carbons (Fsp3) is 0.619. The van der Waals surface area contributed by atoms with Crippen LogP contribution in [0.3, 0.4) is 0 Å². The lowest BCUT2D eigenvalue weighted by atomic mass is 9.91. The van der Waals surface area contributed by atoms with E-state index in [1.165, 1.54) is 12.8 Å². The van der Waals surface area contributed by atoms with Crippen LogP contribution in [0.4, 0.5) is 16.6 Å². The molecule has 2 fully saturated rings. The van der Waals surface area contributed by atoms with Gasteiger partial charge in [0.1, 0.15) is 5.82 Å². The van der Waals surface area contributed by atoms with Gasteiger partial charge in [0.25, 0.3) is 0 Å². The summed E-state index contributed by atoms with van der Waals surface area (Å²) in [6.45, 7) is 6.07. The quantitative estimate of drug-likeness (QED) is 0.718. The Balaban J connectivity index is 1.34. The molecular weight excluding hydrogens is 366 g/mol. The fourth-order valence-electron chi connectivity index (χ4n) is 4.15. The Morgan fingerprint density at radius 3 is 2.52 bits per heavy atom. The summed E-state index contributed by atoms with van der Waals surface area (Å²) in [5.74, 6) is 1.64. The standard InChI is InChI=1S/C21H31N7O/c1-14(2)23-21(29)25-17-8-6-16(7-9-17)24-20-22-13-15-5-10-18(26-19(15)27-20)28-11-3-4-12-28/h5,10,13-14,16-17H,3-4,6-9,11-12H2,1-2H3,(H2,23,25,29)(H,22,24,26,27). The van der Waals surface area contributed by atoms with Gasteiger partial charge < -0.3 is 20.9 Å². The van der Waals surface area contributed by atoms with Crippen molar-refractivity contribution >= 4 is 28.8 Å².